The Bertz CT molecular complexity index is 612. The van der Waals surface area contributed by atoms with Crippen LogP contribution in [0.25, 0.3) is 0 Å². The van der Waals surface area contributed by atoms with Gasteiger partial charge in [-0.25, -0.2) is 0 Å². The van der Waals surface area contributed by atoms with Gasteiger partial charge < -0.3 is 20.8 Å². The molecule has 31 heavy (non-hydrogen) atoms. The second-order valence-corrected chi connectivity index (χ2v) is 13.1. The monoisotopic (exact) mass is 570 g/mol. The van der Waals surface area contributed by atoms with E-state index in [0.29, 0.717) is 39.4 Å². The molecule has 2 atom stereocenters. The Hall–Kier alpha value is 0.250. The van der Waals surface area contributed by atoms with Crippen molar-refractivity contribution in [3.63, 3.8) is 0 Å². The van der Waals surface area contributed by atoms with Gasteiger partial charge in [0.15, 0.2) is 0 Å². The van der Waals surface area contributed by atoms with E-state index in [1.807, 2.05) is 0 Å². The van der Waals surface area contributed by atoms with E-state index >= 15 is 0 Å². The number of nitrogens with zero attached hydrogens (tertiary/aromatic N) is 2. The Morgan fingerprint density at radius 2 is 1.42 bits per heavy atom. The Morgan fingerprint density at radius 3 is 2.00 bits per heavy atom. The largest absolute Gasteiger partial charge is 0.396 e. The fraction of sp³-hybridized carbons (Fsp3) is 0.714. The van der Waals surface area contributed by atoms with Crippen LogP contribution in [0.5, 0.6) is 0 Å². The SMILES string of the molecule is O=C(NCSCN=CS(=O)CSCSC(=O)NCSCN=CS(=O)CCO)SCCO. The number of hydrogen-bond acceptors (Lipinski definition) is 13. The summed E-state index contributed by atoms with van der Waals surface area (Å²) in [5, 5.41) is 22.9. The lowest BCUT2D eigenvalue weighted by molar-refractivity contribution is 0.261. The predicted molar refractivity (Wildman–Crippen MR) is 141 cm³/mol. The van der Waals surface area contributed by atoms with Crippen molar-refractivity contribution in [2.75, 3.05) is 58.4 Å². The summed E-state index contributed by atoms with van der Waals surface area (Å²) in [5.41, 5.74) is 2.65. The van der Waals surface area contributed by atoms with Crippen LogP contribution in [0.3, 0.4) is 0 Å². The zero-order chi connectivity index (χ0) is 23.2. The van der Waals surface area contributed by atoms with Crippen LogP contribution in [0.15, 0.2) is 9.98 Å². The van der Waals surface area contributed by atoms with Gasteiger partial charge in [0, 0.05) is 10.8 Å². The van der Waals surface area contributed by atoms with Gasteiger partial charge in [0.25, 0.3) is 10.5 Å². The minimum absolute atomic E-state index is 0.0463. The van der Waals surface area contributed by atoms with Gasteiger partial charge in [-0.2, -0.15) is 0 Å². The molecule has 2 unspecified atom stereocenters. The number of rotatable bonds is 18. The highest BCUT2D eigenvalue weighted by Crippen LogP contribution is 2.14. The number of aliphatic hydroxyl groups excluding tert-OH is 2. The molecule has 10 nitrogen and oxygen atoms in total. The van der Waals surface area contributed by atoms with Crippen molar-refractivity contribution in [1.82, 2.24) is 10.6 Å². The van der Waals surface area contributed by atoms with Gasteiger partial charge in [-0.15, -0.1) is 35.3 Å². The van der Waals surface area contributed by atoms with E-state index in [1.165, 1.54) is 46.4 Å². The summed E-state index contributed by atoms with van der Waals surface area (Å²) in [5.74, 6) is 2.02. The van der Waals surface area contributed by atoms with Crippen molar-refractivity contribution < 1.29 is 28.2 Å². The predicted octanol–water partition coefficient (Wildman–Crippen LogP) is 1.36. The van der Waals surface area contributed by atoms with Crippen molar-refractivity contribution in [2.24, 2.45) is 9.98 Å². The highest BCUT2D eigenvalue weighted by molar-refractivity contribution is 8.27. The van der Waals surface area contributed by atoms with Crippen molar-refractivity contribution in [1.29, 1.82) is 0 Å². The molecule has 0 aliphatic carbocycles. The molecule has 0 rings (SSSR count). The molecular formula is C14H26N4O6S7. The summed E-state index contributed by atoms with van der Waals surface area (Å²) in [7, 11) is -2.49. The first kappa shape index (κ1) is 31.2. The summed E-state index contributed by atoms with van der Waals surface area (Å²) in [6, 6.07) is 0. The second kappa shape index (κ2) is 23.4. The standard InChI is InChI=1S/C14H26N4O6S7/c19-1-3-28-13(21)17-7-26-6-16-10-31(24)12-27-11-29-14(22)18-8-25-5-15-9-30(23)4-2-20/h9-10,19-20H,1-8,11-12H2,(H,17,21)(H,18,22). The van der Waals surface area contributed by atoms with Gasteiger partial charge in [-0.3, -0.25) is 28.0 Å². The molecule has 0 spiro atoms. The maximum atomic E-state index is 11.8. The van der Waals surface area contributed by atoms with Crippen LogP contribution in [0.2, 0.25) is 0 Å². The Labute approximate surface area is 208 Å². The molecule has 0 aliphatic rings. The van der Waals surface area contributed by atoms with Crippen LogP contribution in [0.1, 0.15) is 0 Å². The minimum Gasteiger partial charge on any atom is -0.396 e. The first-order valence-corrected chi connectivity index (χ1v) is 16.7. The molecule has 0 saturated heterocycles. The van der Waals surface area contributed by atoms with E-state index in [-0.39, 0.29) is 29.4 Å². The van der Waals surface area contributed by atoms with Gasteiger partial charge in [-0.1, -0.05) is 23.5 Å². The molecule has 0 aromatic rings. The van der Waals surface area contributed by atoms with Crippen LogP contribution in [0, 0.1) is 0 Å². The van der Waals surface area contributed by atoms with E-state index in [1.54, 1.807) is 0 Å². The van der Waals surface area contributed by atoms with Crippen LogP contribution < -0.4 is 10.6 Å². The van der Waals surface area contributed by atoms with E-state index in [2.05, 4.69) is 20.6 Å². The van der Waals surface area contributed by atoms with E-state index in [0.717, 1.165) is 23.5 Å². The molecular weight excluding hydrogens is 545 g/mol. The maximum Gasteiger partial charge on any atom is 0.280 e. The van der Waals surface area contributed by atoms with Crippen LogP contribution in [0.4, 0.5) is 9.59 Å². The molecule has 180 valence electrons. The van der Waals surface area contributed by atoms with E-state index in [4.69, 9.17) is 10.2 Å². The number of thioether (sulfide) groups is 5. The van der Waals surface area contributed by atoms with Crippen molar-refractivity contribution in [2.45, 2.75) is 0 Å². The molecule has 0 fully saturated rings. The number of aliphatic imine (C=N–C) groups is 2. The molecule has 0 saturated carbocycles. The number of nitrogens with one attached hydrogen (secondary N) is 2. The first-order valence-electron chi connectivity index (χ1n) is 8.50. The smallest absolute Gasteiger partial charge is 0.280 e. The highest BCUT2D eigenvalue weighted by atomic mass is 32.2. The fourth-order valence-corrected chi connectivity index (χ4v) is 6.59. The third kappa shape index (κ3) is 23.2. The van der Waals surface area contributed by atoms with Gasteiger partial charge in [0.1, 0.15) is 0 Å². The zero-order valence-corrected chi connectivity index (χ0v) is 22.2. The van der Waals surface area contributed by atoms with Crippen molar-refractivity contribution >= 4 is 102 Å². The lowest BCUT2D eigenvalue weighted by atomic mass is 10.9. The number of aliphatic hydroxyl groups is 2. The normalized spacial score (nSPS) is 13.5. The van der Waals surface area contributed by atoms with Crippen LogP contribution in [-0.4, -0.2) is 98.6 Å². The molecule has 17 heteroatoms. The first-order chi connectivity index (χ1) is 15.0. The summed E-state index contributed by atoms with van der Waals surface area (Å²) in [6.07, 6.45) is 0. The summed E-state index contributed by atoms with van der Waals surface area (Å²) in [4.78, 5) is 30.9. The Balaban J connectivity index is 3.58. The lowest BCUT2D eigenvalue weighted by Gasteiger charge is -2.03. The average Bonchev–Trinajstić information content (AvgIpc) is 2.74. The third-order valence-electron chi connectivity index (χ3n) is 2.44. The van der Waals surface area contributed by atoms with Gasteiger partial charge >= 0.3 is 0 Å². The molecule has 0 aliphatic heterocycles. The Morgan fingerprint density at radius 1 is 0.839 bits per heavy atom. The molecule has 0 radical (unpaired) electrons. The number of hydrogen-bond donors (Lipinski definition) is 4. The second-order valence-electron chi connectivity index (χ2n) is 4.81. The number of carbonyl (C=O) groups excluding carboxylic acids is 2. The summed E-state index contributed by atoms with van der Waals surface area (Å²) in [6.45, 7) is -0.195. The quantitative estimate of drug-likeness (QED) is 0.0816. The highest BCUT2D eigenvalue weighted by Gasteiger charge is 2.03. The topological polar surface area (TPSA) is 158 Å². The van der Waals surface area contributed by atoms with Crippen molar-refractivity contribution in [3.8, 4) is 0 Å². The van der Waals surface area contributed by atoms with Crippen molar-refractivity contribution in [3.05, 3.63) is 0 Å². The van der Waals surface area contributed by atoms with Gasteiger partial charge in [0.05, 0.1) is 80.3 Å². The number of amides is 2. The van der Waals surface area contributed by atoms with Crippen LogP contribution >= 0.6 is 58.8 Å². The molecule has 4 N–H and O–H groups in total. The van der Waals surface area contributed by atoms with E-state index in [9.17, 15) is 18.0 Å². The average molecular weight is 571 g/mol. The van der Waals surface area contributed by atoms with Gasteiger partial charge in [-0.05, 0) is 0 Å². The third-order valence-corrected chi connectivity index (χ3v) is 9.09. The zero-order valence-electron chi connectivity index (χ0n) is 16.5. The summed E-state index contributed by atoms with van der Waals surface area (Å²) >= 11 is 6.18. The fourth-order valence-electron chi connectivity index (χ4n) is 1.27. The lowest BCUT2D eigenvalue weighted by Crippen LogP contribution is -2.18. The molecule has 2 amide bonds. The molecule has 0 heterocycles. The molecule has 0 aromatic heterocycles. The maximum absolute atomic E-state index is 11.8. The minimum atomic E-state index is -1.26. The van der Waals surface area contributed by atoms with Gasteiger partial charge in [0.2, 0.25) is 0 Å². The van der Waals surface area contributed by atoms with E-state index < -0.39 is 21.6 Å². The Kier molecular flexibility index (Phi) is 23.6. The summed E-state index contributed by atoms with van der Waals surface area (Å²) < 4.78 is 23.0. The number of carbonyl (C=O) groups is 2. The molecule has 0 bridgehead atoms. The molecule has 0 aromatic carbocycles. The van der Waals surface area contributed by atoms with Crippen LogP contribution in [-0.2, 0) is 21.6 Å².